The summed E-state index contributed by atoms with van der Waals surface area (Å²) in [6.07, 6.45) is -1.13. The summed E-state index contributed by atoms with van der Waals surface area (Å²) in [6, 6.07) is 23.9. The minimum atomic E-state index is -1.13. The summed E-state index contributed by atoms with van der Waals surface area (Å²) in [6.45, 7) is 1.45. The third kappa shape index (κ3) is 4.71. The Labute approximate surface area is 163 Å². The van der Waals surface area contributed by atoms with Crippen LogP contribution in [0.15, 0.2) is 84.9 Å². The number of Topliss-reactive ketones (excluding diaryl/α,β-unsaturated/α-hetero) is 1. The Morgan fingerprint density at radius 2 is 1.39 bits per heavy atom. The zero-order chi connectivity index (χ0) is 19.9. The third-order valence-electron chi connectivity index (χ3n) is 4.11. The Morgan fingerprint density at radius 3 is 2.04 bits per heavy atom. The first-order valence-electron chi connectivity index (χ1n) is 8.77. The predicted octanol–water partition coefficient (Wildman–Crippen LogP) is 4.43. The quantitative estimate of drug-likeness (QED) is 0.513. The van der Waals surface area contributed by atoms with Crippen molar-refractivity contribution in [3.8, 4) is 0 Å². The minimum absolute atomic E-state index is 0.105. The number of ether oxygens (including phenoxy) is 1. The maximum absolute atomic E-state index is 12.9. The fraction of sp³-hybridized carbons (Fsp3) is 0.0870. The van der Waals surface area contributed by atoms with E-state index in [0.717, 1.165) is 0 Å². The molecule has 0 bridgehead atoms. The number of hydrogen-bond acceptors (Lipinski definition) is 4. The second-order valence-corrected chi connectivity index (χ2v) is 6.19. The molecule has 0 saturated carbocycles. The molecule has 0 aliphatic rings. The SMILES string of the molecule is CC(=O)c1cccc(NC(=O)[C@H](OC(=O)c2ccccc2)c2ccccc2)c1. The van der Waals surface area contributed by atoms with Crippen LogP contribution < -0.4 is 5.32 Å². The Hall–Kier alpha value is -3.73. The lowest BCUT2D eigenvalue weighted by molar-refractivity contribution is -0.125. The topological polar surface area (TPSA) is 72.5 Å². The predicted molar refractivity (Wildman–Crippen MR) is 106 cm³/mol. The molecule has 0 radical (unpaired) electrons. The lowest BCUT2D eigenvalue weighted by atomic mass is 10.1. The maximum Gasteiger partial charge on any atom is 0.339 e. The van der Waals surface area contributed by atoms with Gasteiger partial charge < -0.3 is 10.1 Å². The number of rotatable bonds is 6. The van der Waals surface area contributed by atoms with Gasteiger partial charge in [-0.3, -0.25) is 9.59 Å². The van der Waals surface area contributed by atoms with Crippen molar-refractivity contribution in [3.63, 3.8) is 0 Å². The van der Waals surface area contributed by atoms with Gasteiger partial charge in [-0.05, 0) is 31.2 Å². The number of benzene rings is 3. The van der Waals surface area contributed by atoms with Crippen molar-refractivity contribution in [2.24, 2.45) is 0 Å². The molecule has 3 aromatic rings. The fourth-order valence-electron chi connectivity index (χ4n) is 2.67. The number of carbonyl (C=O) groups is 3. The van der Waals surface area contributed by atoms with Crippen LogP contribution in [-0.2, 0) is 9.53 Å². The number of amides is 1. The highest BCUT2D eigenvalue weighted by Crippen LogP contribution is 2.22. The summed E-state index contributed by atoms with van der Waals surface area (Å²) in [4.78, 5) is 36.9. The Morgan fingerprint density at radius 1 is 0.786 bits per heavy atom. The first-order chi connectivity index (χ1) is 13.5. The normalized spacial score (nSPS) is 11.3. The molecule has 3 aromatic carbocycles. The van der Waals surface area contributed by atoms with E-state index in [9.17, 15) is 14.4 Å². The Bertz CT molecular complexity index is 984. The van der Waals surface area contributed by atoms with Gasteiger partial charge in [0.2, 0.25) is 6.10 Å². The average molecular weight is 373 g/mol. The van der Waals surface area contributed by atoms with E-state index in [4.69, 9.17) is 4.74 Å². The summed E-state index contributed by atoms with van der Waals surface area (Å²) in [5, 5.41) is 2.72. The molecule has 0 unspecified atom stereocenters. The molecule has 3 rings (SSSR count). The zero-order valence-corrected chi connectivity index (χ0v) is 15.3. The van der Waals surface area contributed by atoms with Crippen molar-refractivity contribution in [2.45, 2.75) is 13.0 Å². The summed E-state index contributed by atoms with van der Waals surface area (Å²) < 4.78 is 5.52. The molecule has 1 amide bonds. The lowest BCUT2D eigenvalue weighted by Gasteiger charge is -2.18. The second kappa shape index (κ2) is 8.77. The molecule has 5 heteroatoms. The monoisotopic (exact) mass is 373 g/mol. The smallest absolute Gasteiger partial charge is 0.339 e. The van der Waals surface area contributed by atoms with Gasteiger partial charge in [-0.2, -0.15) is 0 Å². The molecule has 5 nitrogen and oxygen atoms in total. The van der Waals surface area contributed by atoms with E-state index >= 15 is 0 Å². The van der Waals surface area contributed by atoms with Crippen molar-refractivity contribution < 1.29 is 19.1 Å². The van der Waals surface area contributed by atoms with Gasteiger partial charge in [-0.15, -0.1) is 0 Å². The Kier molecular flexibility index (Phi) is 5.97. The molecule has 140 valence electrons. The van der Waals surface area contributed by atoms with E-state index in [-0.39, 0.29) is 5.78 Å². The molecule has 0 saturated heterocycles. The summed E-state index contributed by atoms with van der Waals surface area (Å²) >= 11 is 0. The molecule has 0 aromatic heterocycles. The van der Waals surface area contributed by atoms with Crippen molar-refractivity contribution in [1.82, 2.24) is 0 Å². The van der Waals surface area contributed by atoms with Crippen LogP contribution in [-0.4, -0.2) is 17.7 Å². The molecule has 28 heavy (non-hydrogen) atoms. The molecular weight excluding hydrogens is 354 g/mol. The molecule has 1 atom stereocenters. The van der Waals surface area contributed by atoms with E-state index < -0.39 is 18.0 Å². The van der Waals surface area contributed by atoms with Crippen LogP contribution in [0.1, 0.15) is 39.3 Å². The van der Waals surface area contributed by atoms with Crippen LogP contribution in [0.4, 0.5) is 5.69 Å². The van der Waals surface area contributed by atoms with Crippen molar-refractivity contribution in [3.05, 3.63) is 102 Å². The zero-order valence-electron chi connectivity index (χ0n) is 15.3. The average Bonchev–Trinajstić information content (AvgIpc) is 2.73. The fourth-order valence-corrected chi connectivity index (χ4v) is 2.67. The van der Waals surface area contributed by atoms with Crippen LogP contribution in [0.3, 0.4) is 0 Å². The van der Waals surface area contributed by atoms with Gasteiger partial charge in [-0.25, -0.2) is 4.79 Å². The molecule has 0 heterocycles. The highest BCUT2D eigenvalue weighted by atomic mass is 16.5. The van der Waals surface area contributed by atoms with Crippen molar-refractivity contribution in [2.75, 3.05) is 5.32 Å². The first kappa shape index (κ1) is 19.0. The number of nitrogens with one attached hydrogen (secondary N) is 1. The van der Waals surface area contributed by atoms with Gasteiger partial charge in [0.25, 0.3) is 5.91 Å². The minimum Gasteiger partial charge on any atom is -0.444 e. The van der Waals surface area contributed by atoms with E-state index in [2.05, 4.69) is 5.32 Å². The number of carbonyl (C=O) groups excluding carboxylic acids is 3. The van der Waals surface area contributed by atoms with E-state index in [1.807, 2.05) is 6.07 Å². The molecular formula is C23H19NO4. The van der Waals surface area contributed by atoms with Gasteiger partial charge in [0.05, 0.1) is 5.56 Å². The highest BCUT2D eigenvalue weighted by molar-refractivity contribution is 6.00. The van der Waals surface area contributed by atoms with E-state index in [1.54, 1.807) is 78.9 Å². The molecule has 0 fully saturated rings. The molecule has 0 spiro atoms. The van der Waals surface area contributed by atoms with Gasteiger partial charge in [0.1, 0.15) is 0 Å². The second-order valence-electron chi connectivity index (χ2n) is 6.19. The summed E-state index contributed by atoms with van der Waals surface area (Å²) in [5.41, 5.74) is 1.84. The van der Waals surface area contributed by atoms with Crippen molar-refractivity contribution in [1.29, 1.82) is 0 Å². The highest BCUT2D eigenvalue weighted by Gasteiger charge is 2.25. The van der Waals surface area contributed by atoms with Crippen LogP contribution in [0.5, 0.6) is 0 Å². The molecule has 1 N–H and O–H groups in total. The van der Waals surface area contributed by atoms with Crippen LogP contribution in [0, 0.1) is 0 Å². The first-order valence-corrected chi connectivity index (χ1v) is 8.77. The molecule has 0 aliphatic carbocycles. The third-order valence-corrected chi connectivity index (χ3v) is 4.11. The standard InChI is InChI=1S/C23H19NO4/c1-16(25)19-13-8-14-20(15-19)24-22(26)21(17-9-4-2-5-10-17)28-23(27)18-11-6-3-7-12-18/h2-15,21H,1H3,(H,24,26)/t21-/m1/s1. The Balaban J connectivity index is 1.84. The molecule has 0 aliphatic heterocycles. The van der Waals surface area contributed by atoms with Gasteiger partial charge >= 0.3 is 5.97 Å². The number of ketones is 1. The summed E-state index contributed by atoms with van der Waals surface area (Å²) in [7, 11) is 0. The van der Waals surface area contributed by atoms with Crippen LogP contribution in [0.2, 0.25) is 0 Å². The van der Waals surface area contributed by atoms with E-state index in [1.165, 1.54) is 6.92 Å². The van der Waals surface area contributed by atoms with Gasteiger partial charge in [0, 0.05) is 16.8 Å². The van der Waals surface area contributed by atoms with E-state index in [0.29, 0.717) is 22.4 Å². The van der Waals surface area contributed by atoms with Gasteiger partial charge in [-0.1, -0.05) is 60.7 Å². The van der Waals surface area contributed by atoms with Crippen molar-refractivity contribution >= 4 is 23.3 Å². The van der Waals surface area contributed by atoms with Gasteiger partial charge in [0.15, 0.2) is 5.78 Å². The van der Waals surface area contributed by atoms with Crippen LogP contribution in [0.25, 0.3) is 0 Å². The van der Waals surface area contributed by atoms with Crippen LogP contribution >= 0.6 is 0 Å². The number of hydrogen-bond donors (Lipinski definition) is 1. The summed E-state index contributed by atoms with van der Waals surface area (Å²) in [5.74, 6) is -1.20. The maximum atomic E-state index is 12.9. The number of esters is 1. The largest absolute Gasteiger partial charge is 0.444 e. The number of anilines is 1. The lowest BCUT2D eigenvalue weighted by Crippen LogP contribution is -2.26.